The van der Waals surface area contributed by atoms with Gasteiger partial charge in [0, 0.05) is 6.04 Å². The van der Waals surface area contributed by atoms with Crippen molar-refractivity contribution >= 4 is 6.09 Å². The number of carbonyl (C=O) groups excluding carboxylic acids is 1. The Hall–Kier alpha value is -0.730. The summed E-state index contributed by atoms with van der Waals surface area (Å²) in [5.41, 5.74) is 0. The molecule has 1 amide bonds. The molecule has 14 heavy (non-hydrogen) atoms. The molecule has 0 spiro atoms. The lowest BCUT2D eigenvalue weighted by molar-refractivity contribution is 0.129. The summed E-state index contributed by atoms with van der Waals surface area (Å²) >= 11 is 0. The van der Waals surface area contributed by atoms with Gasteiger partial charge >= 0.3 is 6.09 Å². The van der Waals surface area contributed by atoms with Crippen LogP contribution in [0.4, 0.5) is 4.79 Å². The molecule has 1 saturated carbocycles. The maximum atomic E-state index is 11.3. The average Bonchev–Trinajstić information content (AvgIpc) is 2.48. The molecule has 2 atom stereocenters. The third kappa shape index (κ3) is 3.99. The number of carbonyl (C=O) groups is 1. The Morgan fingerprint density at radius 3 is 2.71 bits per heavy atom. The minimum atomic E-state index is -0.252. The van der Waals surface area contributed by atoms with Crippen molar-refractivity contribution in [3.63, 3.8) is 0 Å². The summed E-state index contributed by atoms with van der Waals surface area (Å²) in [5.74, 6) is 1.15. The fourth-order valence-electron chi connectivity index (χ4n) is 1.79. The van der Waals surface area contributed by atoms with Gasteiger partial charge in [-0.3, -0.25) is 0 Å². The van der Waals surface area contributed by atoms with Crippen molar-refractivity contribution in [3.05, 3.63) is 0 Å². The fraction of sp³-hybridized carbons (Fsp3) is 0.909. The Bertz CT molecular complexity index is 192. The average molecular weight is 199 g/mol. The summed E-state index contributed by atoms with van der Waals surface area (Å²) in [4.78, 5) is 11.3. The first kappa shape index (κ1) is 11.3. The van der Waals surface area contributed by atoms with E-state index in [1.165, 1.54) is 6.42 Å². The van der Waals surface area contributed by atoms with Gasteiger partial charge in [0.05, 0.1) is 6.61 Å². The first-order chi connectivity index (χ1) is 6.58. The highest BCUT2D eigenvalue weighted by Gasteiger charge is 2.23. The molecule has 0 heterocycles. The Morgan fingerprint density at radius 2 is 2.21 bits per heavy atom. The molecule has 1 N–H and O–H groups in total. The van der Waals surface area contributed by atoms with Crippen LogP contribution in [-0.4, -0.2) is 18.7 Å². The van der Waals surface area contributed by atoms with E-state index in [1.807, 2.05) is 13.8 Å². The first-order valence-corrected chi connectivity index (χ1v) is 5.51. The molecule has 0 bridgehead atoms. The normalized spacial score (nSPS) is 26.6. The van der Waals surface area contributed by atoms with Crippen LogP contribution in [0.1, 0.15) is 40.0 Å². The van der Waals surface area contributed by atoms with Gasteiger partial charge in [-0.15, -0.1) is 0 Å². The zero-order valence-corrected chi connectivity index (χ0v) is 9.38. The van der Waals surface area contributed by atoms with Gasteiger partial charge in [0.1, 0.15) is 0 Å². The van der Waals surface area contributed by atoms with Crippen LogP contribution < -0.4 is 5.32 Å². The number of hydrogen-bond donors (Lipinski definition) is 1. The zero-order valence-electron chi connectivity index (χ0n) is 9.38. The van der Waals surface area contributed by atoms with E-state index in [0.29, 0.717) is 18.6 Å². The van der Waals surface area contributed by atoms with Gasteiger partial charge in [0.25, 0.3) is 0 Å². The summed E-state index contributed by atoms with van der Waals surface area (Å²) in [6.07, 6.45) is 3.15. The molecule has 1 aliphatic carbocycles. The molecule has 0 saturated heterocycles. The second-order valence-corrected chi connectivity index (χ2v) is 4.75. The molecular formula is C11H21NO2. The summed E-state index contributed by atoms with van der Waals surface area (Å²) < 4.78 is 5.05. The monoisotopic (exact) mass is 199 g/mol. The van der Waals surface area contributed by atoms with Crippen molar-refractivity contribution in [1.29, 1.82) is 0 Å². The van der Waals surface area contributed by atoms with Crippen LogP contribution in [0.3, 0.4) is 0 Å². The number of nitrogens with one attached hydrogen (secondary N) is 1. The van der Waals surface area contributed by atoms with E-state index in [4.69, 9.17) is 4.74 Å². The Morgan fingerprint density at radius 1 is 1.50 bits per heavy atom. The lowest BCUT2D eigenvalue weighted by Gasteiger charge is -2.13. The van der Waals surface area contributed by atoms with E-state index >= 15 is 0 Å². The number of amides is 1. The first-order valence-electron chi connectivity index (χ1n) is 5.51. The lowest BCUT2D eigenvalue weighted by atomic mass is 10.1. The van der Waals surface area contributed by atoms with Gasteiger partial charge in [-0.1, -0.05) is 20.8 Å². The number of hydrogen-bond acceptors (Lipinski definition) is 2. The summed E-state index contributed by atoms with van der Waals surface area (Å²) in [7, 11) is 0. The van der Waals surface area contributed by atoms with Gasteiger partial charge < -0.3 is 10.1 Å². The van der Waals surface area contributed by atoms with Crippen LogP contribution in [0.2, 0.25) is 0 Å². The Balaban J connectivity index is 2.14. The van der Waals surface area contributed by atoms with Crippen molar-refractivity contribution < 1.29 is 9.53 Å². The summed E-state index contributed by atoms with van der Waals surface area (Å²) in [6, 6.07) is 0.338. The van der Waals surface area contributed by atoms with Gasteiger partial charge in [-0.2, -0.15) is 0 Å². The molecular weight excluding hydrogens is 178 g/mol. The van der Waals surface area contributed by atoms with E-state index in [2.05, 4.69) is 12.2 Å². The van der Waals surface area contributed by atoms with Crippen molar-refractivity contribution in [2.45, 2.75) is 46.1 Å². The van der Waals surface area contributed by atoms with Gasteiger partial charge in [0.15, 0.2) is 0 Å². The Kier molecular flexibility index (Phi) is 4.23. The largest absolute Gasteiger partial charge is 0.449 e. The molecule has 0 aromatic rings. The van der Waals surface area contributed by atoms with Crippen LogP contribution in [0.15, 0.2) is 0 Å². The standard InChI is InChI=1S/C11H21NO2/c1-8(2)7-14-11(13)12-10-5-4-9(3)6-10/h8-10H,4-7H2,1-3H3,(H,12,13). The van der Waals surface area contributed by atoms with E-state index in [1.54, 1.807) is 0 Å². The third-order valence-corrected chi connectivity index (χ3v) is 2.56. The number of alkyl carbamates (subject to hydrolysis) is 1. The molecule has 0 aliphatic heterocycles. The molecule has 1 fully saturated rings. The van der Waals surface area contributed by atoms with Gasteiger partial charge in [0.2, 0.25) is 0 Å². The SMILES string of the molecule is CC(C)COC(=O)NC1CCC(C)C1. The predicted octanol–water partition coefficient (Wildman–Crippen LogP) is 2.56. The highest BCUT2D eigenvalue weighted by Crippen LogP contribution is 2.24. The molecule has 3 nitrogen and oxygen atoms in total. The van der Waals surface area contributed by atoms with Crippen LogP contribution >= 0.6 is 0 Å². The number of rotatable bonds is 3. The van der Waals surface area contributed by atoms with Crippen molar-refractivity contribution in [2.24, 2.45) is 11.8 Å². The molecule has 1 aliphatic rings. The third-order valence-electron chi connectivity index (χ3n) is 2.56. The molecule has 0 radical (unpaired) electrons. The minimum Gasteiger partial charge on any atom is -0.449 e. The fourth-order valence-corrected chi connectivity index (χ4v) is 1.79. The van der Waals surface area contributed by atoms with Crippen LogP contribution in [0.5, 0.6) is 0 Å². The molecule has 2 unspecified atom stereocenters. The maximum Gasteiger partial charge on any atom is 0.407 e. The Labute approximate surface area is 86.2 Å². The molecule has 0 aromatic heterocycles. The molecule has 0 aromatic carbocycles. The highest BCUT2D eigenvalue weighted by molar-refractivity contribution is 5.67. The van der Waals surface area contributed by atoms with Crippen molar-refractivity contribution in [3.8, 4) is 0 Å². The second kappa shape index (κ2) is 5.23. The second-order valence-electron chi connectivity index (χ2n) is 4.75. The minimum absolute atomic E-state index is 0.252. The van der Waals surface area contributed by atoms with Crippen molar-refractivity contribution in [2.75, 3.05) is 6.61 Å². The van der Waals surface area contributed by atoms with Crippen LogP contribution in [0.25, 0.3) is 0 Å². The topological polar surface area (TPSA) is 38.3 Å². The van der Waals surface area contributed by atoms with Gasteiger partial charge in [-0.05, 0) is 31.1 Å². The summed E-state index contributed by atoms with van der Waals surface area (Å²) in [5, 5.41) is 2.90. The molecule has 1 rings (SSSR count). The molecule has 82 valence electrons. The lowest BCUT2D eigenvalue weighted by Crippen LogP contribution is -2.34. The van der Waals surface area contributed by atoms with E-state index in [0.717, 1.165) is 18.8 Å². The van der Waals surface area contributed by atoms with Crippen molar-refractivity contribution in [1.82, 2.24) is 5.32 Å². The van der Waals surface area contributed by atoms with E-state index in [9.17, 15) is 4.79 Å². The number of ether oxygens (including phenoxy) is 1. The van der Waals surface area contributed by atoms with Crippen LogP contribution in [0, 0.1) is 11.8 Å². The predicted molar refractivity (Wildman–Crippen MR) is 56.1 cm³/mol. The highest BCUT2D eigenvalue weighted by atomic mass is 16.5. The van der Waals surface area contributed by atoms with Crippen LogP contribution in [-0.2, 0) is 4.74 Å². The maximum absolute atomic E-state index is 11.3. The zero-order chi connectivity index (χ0) is 10.6. The molecule has 3 heteroatoms. The van der Waals surface area contributed by atoms with Gasteiger partial charge in [-0.25, -0.2) is 4.79 Å². The van der Waals surface area contributed by atoms with E-state index in [-0.39, 0.29) is 6.09 Å². The quantitative estimate of drug-likeness (QED) is 0.758. The smallest absolute Gasteiger partial charge is 0.407 e. The van der Waals surface area contributed by atoms with E-state index < -0.39 is 0 Å². The summed E-state index contributed by atoms with van der Waals surface area (Å²) in [6.45, 7) is 6.80.